The lowest BCUT2D eigenvalue weighted by Gasteiger charge is -2.35. The Labute approximate surface area is 152 Å². The van der Waals surface area contributed by atoms with E-state index in [1.54, 1.807) is 12.4 Å². The number of nitrogens with zero attached hydrogens (tertiary/aromatic N) is 5. The number of aryl methyl sites for hydroxylation is 2. The summed E-state index contributed by atoms with van der Waals surface area (Å²) in [7, 11) is 0. The maximum Gasteiger partial charge on any atom is 0.234 e. The fourth-order valence-electron chi connectivity index (χ4n) is 3.73. The van der Waals surface area contributed by atoms with Gasteiger partial charge in [0.05, 0.1) is 11.7 Å². The average Bonchev–Trinajstić information content (AvgIpc) is 3.16. The summed E-state index contributed by atoms with van der Waals surface area (Å²) in [4.78, 5) is 28.1. The minimum Gasteiger partial charge on any atom is -0.334 e. The zero-order valence-corrected chi connectivity index (χ0v) is 15.0. The Morgan fingerprint density at radius 3 is 3.08 bits per heavy atom. The highest BCUT2D eigenvalue weighted by atomic mass is 16.2. The number of carbonyl (C=O) groups excluding carboxylic acids is 1. The molecule has 1 atom stereocenters. The molecule has 0 aliphatic carbocycles. The number of aromatic nitrogens is 4. The summed E-state index contributed by atoms with van der Waals surface area (Å²) in [6, 6.07) is 6.07. The van der Waals surface area contributed by atoms with Gasteiger partial charge in [0.2, 0.25) is 11.7 Å². The van der Waals surface area contributed by atoms with Crippen molar-refractivity contribution in [2.75, 3.05) is 6.54 Å². The van der Waals surface area contributed by atoms with Crippen LogP contribution in [0.5, 0.6) is 0 Å². The maximum absolute atomic E-state index is 12.9. The predicted molar refractivity (Wildman–Crippen MR) is 98.6 cm³/mol. The highest BCUT2D eigenvalue weighted by molar-refractivity contribution is 5.77. The van der Waals surface area contributed by atoms with Gasteiger partial charge in [-0.15, -0.1) is 0 Å². The summed E-state index contributed by atoms with van der Waals surface area (Å²) in [5.74, 6) is 0.898. The molecule has 4 rings (SSSR count). The molecule has 26 heavy (non-hydrogen) atoms. The van der Waals surface area contributed by atoms with Gasteiger partial charge in [0.25, 0.3) is 0 Å². The standard InChI is InChI=1S/C20H23N5O/c1-15-13-17(23-20-22-10-12-24(15)20)18-6-2-3-11-25(18)19(26)8-7-16-5-4-9-21-14-16/h4-5,9-10,12-14,18H,2-3,6-8,11H2,1H3. The molecule has 1 amide bonds. The second-order valence-corrected chi connectivity index (χ2v) is 6.88. The quantitative estimate of drug-likeness (QED) is 0.726. The van der Waals surface area contributed by atoms with Crippen molar-refractivity contribution in [1.82, 2.24) is 24.3 Å². The van der Waals surface area contributed by atoms with Gasteiger partial charge in [-0.25, -0.2) is 9.97 Å². The molecule has 3 aromatic rings. The topological polar surface area (TPSA) is 63.4 Å². The van der Waals surface area contributed by atoms with Gasteiger partial charge in [0.15, 0.2) is 0 Å². The van der Waals surface area contributed by atoms with Crippen LogP contribution in [0.2, 0.25) is 0 Å². The van der Waals surface area contributed by atoms with Crippen LogP contribution in [0.1, 0.15) is 48.7 Å². The smallest absolute Gasteiger partial charge is 0.234 e. The van der Waals surface area contributed by atoms with Crippen LogP contribution in [0.3, 0.4) is 0 Å². The molecule has 1 fully saturated rings. The third-order valence-electron chi connectivity index (χ3n) is 5.10. The van der Waals surface area contributed by atoms with Crippen LogP contribution in [0, 0.1) is 6.92 Å². The van der Waals surface area contributed by atoms with Crippen LogP contribution in [-0.4, -0.2) is 36.7 Å². The van der Waals surface area contributed by atoms with Crippen molar-refractivity contribution in [3.63, 3.8) is 0 Å². The van der Waals surface area contributed by atoms with Gasteiger partial charge in [-0.2, -0.15) is 0 Å². The van der Waals surface area contributed by atoms with Gasteiger partial charge in [0, 0.05) is 43.4 Å². The Morgan fingerprint density at radius 2 is 2.23 bits per heavy atom. The molecule has 3 aromatic heterocycles. The van der Waals surface area contributed by atoms with E-state index in [4.69, 9.17) is 4.98 Å². The second kappa shape index (κ2) is 7.23. The Hall–Kier alpha value is -2.76. The fraction of sp³-hybridized carbons (Fsp3) is 0.400. The van der Waals surface area contributed by atoms with E-state index in [-0.39, 0.29) is 11.9 Å². The SMILES string of the molecule is Cc1cc(C2CCCCN2C(=O)CCc2cccnc2)nc2nccn12. The van der Waals surface area contributed by atoms with Crippen LogP contribution >= 0.6 is 0 Å². The van der Waals surface area contributed by atoms with Crippen LogP contribution in [-0.2, 0) is 11.2 Å². The summed E-state index contributed by atoms with van der Waals surface area (Å²) in [5.41, 5.74) is 3.15. The Balaban J connectivity index is 1.54. The van der Waals surface area contributed by atoms with Crippen molar-refractivity contribution in [2.24, 2.45) is 0 Å². The van der Waals surface area contributed by atoms with E-state index >= 15 is 0 Å². The molecule has 6 heteroatoms. The summed E-state index contributed by atoms with van der Waals surface area (Å²) in [5, 5.41) is 0. The number of hydrogen-bond donors (Lipinski definition) is 0. The molecule has 0 radical (unpaired) electrons. The molecule has 0 aromatic carbocycles. The number of piperidine rings is 1. The van der Waals surface area contributed by atoms with Gasteiger partial charge >= 0.3 is 0 Å². The van der Waals surface area contributed by atoms with Gasteiger partial charge in [-0.3, -0.25) is 14.2 Å². The highest BCUT2D eigenvalue weighted by Gasteiger charge is 2.29. The third-order valence-corrected chi connectivity index (χ3v) is 5.10. The molecule has 0 spiro atoms. The van der Waals surface area contributed by atoms with E-state index in [9.17, 15) is 4.79 Å². The van der Waals surface area contributed by atoms with Crippen molar-refractivity contribution in [1.29, 1.82) is 0 Å². The summed E-state index contributed by atoms with van der Waals surface area (Å²) < 4.78 is 1.97. The molecule has 4 heterocycles. The molecule has 0 saturated carbocycles. The van der Waals surface area contributed by atoms with Crippen molar-refractivity contribution in [3.05, 3.63) is 59.9 Å². The Morgan fingerprint density at radius 1 is 1.31 bits per heavy atom. The summed E-state index contributed by atoms with van der Waals surface area (Å²) >= 11 is 0. The monoisotopic (exact) mass is 349 g/mol. The number of carbonyl (C=O) groups is 1. The lowest BCUT2D eigenvalue weighted by Crippen LogP contribution is -2.39. The zero-order chi connectivity index (χ0) is 17.9. The van der Waals surface area contributed by atoms with E-state index < -0.39 is 0 Å². The summed E-state index contributed by atoms with van der Waals surface area (Å²) in [6.45, 7) is 2.86. The zero-order valence-electron chi connectivity index (χ0n) is 15.0. The van der Waals surface area contributed by atoms with E-state index in [2.05, 4.69) is 23.0 Å². The Bertz CT molecular complexity index is 905. The van der Waals surface area contributed by atoms with Crippen molar-refractivity contribution in [2.45, 2.75) is 45.1 Å². The minimum atomic E-state index is 0.0468. The van der Waals surface area contributed by atoms with Gasteiger partial charge in [-0.1, -0.05) is 6.07 Å². The first-order chi connectivity index (χ1) is 12.7. The second-order valence-electron chi connectivity index (χ2n) is 6.88. The van der Waals surface area contributed by atoms with E-state index in [0.29, 0.717) is 12.2 Å². The minimum absolute atomic E-state index is 0.0468. The largest absolute Gasteiger partial charge is 0.334 e. The van der Waals surface area contributed by atoms with Crippen LogP contribution in [0.15, 0.2) is 43.0 Å². The molecule has 6 nitrogen and oxygen atoms in total. The Kier molecular flexibility index (Phi) is 4.65. The van der Waals surface area contributed by atoms with Gasteiger partial charge in [0.1, 0.15) is 0 Å². The normalized spacial score (nSPS) is 17.6. The van der Waals surface area contributed by atoms with E-state index in [0.717, 1.165) is 49.2 Å². The van der Waals surface area contributed by atoms with Crippen molar-refractivity contribution in [3.8, 4) is 0 Å². The predicted octanol–water partition coefficient (Wildman–Crippen LogP) is 3.12. The number of amides is 1. The molecule has 1 unspecified atom stereocenters. The number of hydrogen-bond acceptors (Lipinski definition) is 4. The molecule has 134 valence electrons. The van der Waals surface area contributed by atoms with E-state index in [1.165, 1.54) is 0 Å². The third kappa shape index (κ3) is 3.31. The van der Waals surface area contributed by atoms with Crippen LogP contribution in [0.4, 0.5) is 0 Å². The van der Waals surface area contributed by atoms with Crippen LogP contribution < -0.4 is 0 Å². The number of imidazole rings is 1. The first kappa shape index (κ1) is 16.7. The maximum atomic E-state index is 12.9. The molecular formula is C20H23N5O. The first-order valence-corrected chi connectivity index (χ1v) is 9.21. The van der Waals surface area contributed by atoms with Gasteiger partial charge in [-0.05, 0) is 50.3 Å². The molecule has 1 saturated heterocycles. The average molecular weight is 349 g/mol. The lowest BCUT2D eigenvalue weighted by atomic mass is 9.97. The molecule has 1 aliphatic heterocycles. The molecule has 1 aliphatic rings. The van der Waals surface area contributed by atoms with Crippen molar-refractivity contribution >= 4 is 11.7 Å². The lowest BCUT2D eigenvalue weighted by molar-refractivity contribution is -0.135. The number of rotatable bonds is 4. The molecular weight excluding hydrogens is 326 g/mol. The van der Waals surface area contributed by atoms with Gasteiger partial charge < -0.3 is 4.90 Å². The first-order valence-electron chi connectivity index (χ1n) is 9.21. The van der Waals surface area contributed by atoms with Crippen molar-refractivity contribution < 1.29 is 4.79 Å². The summed E-state index contributed by atoms with van der Waals surface area (Å²) in [6.07, 6.45) is 11.6. The molecule has 0 N–H and O–H groups in total. The number of pyridine rings is 1. The van der Waals surface area contributed by atoms with E-state index in [1.807, 2.05) is 33.8 Å². The fourth-order valence-corrected chi connectivity index (χ4v) is 3.73. The highest BCUT2D eigenvalue weighted by Crippen LogP contribution is 2.31. The van der Waals surface area contributed by atoms with Crippen LogP contribution in [0.25, 0.3) is 5.78 Å². The number of fused-ring (bicyclic) bond motifs is 1. The molecule has 0 bridgehead atoms. The number of likely N-dealkylation sites (tertiary alicyclic amines) is 1.